The van der Waals surface area contributed by atoms with Crippen LogP contribution in [-0.2, 0) is 16.1 Å². The van der Waals surface area contributed by atoms with Gasteiger partial charge in [-0.3, -0.25) is 4.79 Å². The molecule has 29 heavy (non-hydrogen) atoms. The number of nitrogens with zero attached hydrogens (tertiary/aromatic N) is 2. The second kappa shape index (κ2) is 11.1. The second-order valence-corrected chi connectivity index (χ2v) is 9.50. The fourth-order valence-corrected chi connectivity index (χ4v) is 4.69. The maximum atomic E-state index is 11.4. The zero-order valence-electron chi connectivity index (χ0n) is 18.6. The molecule has 0 aliphatic heterocycles. The topological polar surface area (TPSA) is 97.5 Å². The Hall–Kier alpha value is -1.47. The molecule has 1 aliphatic rings. The number of carboxylic acids is 1. The molecule has 0 saturated heterocycles. The highest BCUT2D eigenvalue weighted by Gasteiger charge is 2.41. The van der Waals surface area contributed by atoms with Gasteiger partial charge < -0.3 is 19.7 Å². The predicted molar refractivity (Wildman–Crippen MR) is 112 cm³/mol. The highest BCUT2D eigenvalue weighted by Crippen LogP contribution is 2.53. The van der Waals surface area contributed by atoms with E-state index in [9.17, 15) is 9.90 Å². The van der Waals surface area contributed by atoms with Crippen molar-refractivity contribution in [3.05, 3.63) is 11.7 Å². The zero-order valence-corrected chi connectivity index (χ0v) is 18.6. The number of rotatable bonds is 12. The van der Waals surface area contributed by atoms with Gasteiger partial charge in [-0.2, -0.15) is 4.98 Å². The number of carboxylic acid groups (broad SMARTS) is 1. The third-order valence-electron chi connectivity index (χ3n) is 6.63. The van der Waals surface area contributed by atoms with Gasteiger partial charge in [0.15, 0.2) is 5.82 Å². The molecular weight excluding hydrogens is 370 g/mol. The minimum Gasteiger partial charge on any atom is -0.481 e. The molecule has 0 bridgehead atoms. The molecule has 0 spiro atoms. The second-order valence-electron chi connectivity index (χ2n) is 9.50. The number of aromatic nitrogens is 2. The Kier molecular flexibility index (Phi) is 9.08. The van der Waals surface area contributed by atoms with Gasteiger partial charge in [0, 0.05) is 19.6 Å². The number of nitrogens with one attached hydrogen (secondary N) is 1. The lowest BCUT2D eigenvalue weighted by Crippen LogP contribution is -2.37. The molecule has 1 heterocycles. The van der Waals surface area contributed by atoms with Crippen LogP contribution in [0.15, 0.2) is 4.52 Å². The number of hydrogen-bond donors (Lipinski definition) is 2. The van der Waals surface area contributed by atoms with Crippen molar-refractivity contribution >= 4 is 5.97 Å². The molecule has 0 aromatic carbocycles. The van der Waals surface area contributed by atoms with Gasteiger partial charge in [0.2, 0.25) is 5.89 Å². The van der Waals surface area contributed by atoms with E-state index in [4.69, 9.17) is 9.26 Å². The molecule has 166 valence electrons. The van der Waals surface area contributed by atoms with Crippen LogP contribution in [0.25, 0.3) is 0 Å². The van der Waals surface area contributed by atoms with Crippen LogP contribution in [0.2, 0.25) is 0 Å². The molecule has 2 N–H and O–H groups in total. The number of hydrogen-bond acceptors (Lipinski definition) is 6. The van der Waals surface area contributed by atoms with Crippen molar-refractivity contribution in [2.75, 3.05) is 20.3 Å². The Balaban J connectivity index is 1.96. The molecule has 1 fully saturated rings. The van der Waals surface area contributed by atoms with Crippen LogP contribution in [0.4, 0.5) is 0 Å². The van der Waals surface area contributed by atoms with Crippen LogP contribution in [0, 0.1) is 10.8 Å². The fourth-order valence-electron chi connectivity index (χ4n) is 4.69. The first kappa shape index (κ1) is 23.8. The standard InChI is InChI=1S/C22H39N3O4/c1-21(2,3)22(10-6-5-7-11-22)12-8-9-17(15-19(26)27)20-24-18(25-29-20)16-23-13-14-28-4/h17,23H,5-16H2,1-4H3,(H,26,27). The summed E-state index contributed by atoms with van der Waals surface area (Å²) >= 11 is 0. The third kappa shape index (κ3) is 7.07. The van der Waals surface area contributed by atoms with Crippen LogP contribution >= 0.6 is 0 Å². The van der Waals surface area contributed by atoms with Gasteiger partial charge in [0.05, 0.1) is 19.6 Å². The first-order valence-corrected chi connectivity index (χ1v) is 11.0. The highest BCUT2D eigenvalue weighted by atomic mass is 16.5. The van der Waals surface area contributed by atoms with Gasteiger partial charge in [0.25, 0.3) is 0 Å². The van der Waals surface area contributed by atoms with Crippen molar-refractivity contribution in [3.8, 4) is 0 Å². The summed E-state index contributed by atoms with van der Waals surface area (Å²) < 4.78 is 10.4. The molecule has 1 aromatic heterocycles. The Morgan fingerprint density at radius 2 is 2.03 bits per heavy atom. The molecule has 1 unspecified atom stereocenters. The average Bonchev–Trinajstić information content (AvgIpc) is 3.13. The van der Waals surface area contributed by atoms with Crippen LogP contribution in [0.3, 0.4) is 0 Å². The summed E-state index contributed by atoms with van der Waals surface area (Å²) in [6.45, 7) is 8.87. The van der Waals surface area contributed by atoms with Gasteiger partial charge >= 0.3 is 5.97 Å². The Bertz CT molecular complexity index is 618. The molecule has 1 atom stereocenters. The van der Waals surface area contributed by atoms with Crippen molar-refractivity contribution in [1.82, 2.24) is 15.5 Å². The number of methoxy groups -OCH3 is 1. The van der Waals surface area contributed by atoms with E-state index in [0.29, 0.717) is 36.8 Å². The van der Waals surface area contributed by atoms with E-state index in [0.717, 1.165) is 19.3 Å². The average molecular weight is 410 g/mol. The largest absolute Gasteiger partial charge is 0.481 e. The summed E-state index contributed by atoms with van der Waals surface area (Å²) in [7, 11) is 1.65. The SMILES string of the molecule is COCCNCc1noc(C(CCCC2(C(C)(C)C)CCCCC2)CC(=O)O)n1. The Morgan fingerprint density at radius 1 is 1.31 bits per heavy atom. The lowest BCUT2D eigenvalue weighted by Gasteiger charge is -2.48. The minimum atomic E-state index is -0.823. The molecule has 2 rings (SSSR count). The molecular formula is C22H39N3O4. The summed E-state index contributed by atoms with van der Waals surface area (Å²) in [6.07, 6.45) is 9.41. The monoisotopic (exact) mass is 409 g/mol. The predicted octanol–water partition coefficient (Wildman–Crippen LogP) is 4.53. The van der Waals surface area contributed by atoms with Crippen molar-refractivity contribution < 1.29 is 19.2 Å². The van der Waals surface area contributed by atoms with E-state index in [-0.39, 0.29) is 17.8 Å². The first-order chi connectivity index (χ1) is 13.8. The Morgan fingerprint density at radius 3 is 2.66 bits per heavy atom. The summed E-state index contributed by atoms with van der Waals surface area (Å²) in [6, 6.07) is 0. The number of ether oxygens (including phenoxy) is 1. The molecule has 0 radical (unpaired) electrons. The van der Waals surface area contributed by atoms with Crippen molar-refractivity contribution in [3.63, 3.8) is 0 Å². The van der Waals surface area contributed by atoms with Crippen molar-refractivity contribution in [2.24, 2.45) is 10.8 Å². The molecule has 0 amide bonds. The van der Waals surface area contributed by atoms with Gasteiger partial charge in [-0.25, -0.2) is 0 Å². The molecule has 1 aromatic rings. The normalized spacial score (nSPS) is 17.9. The smallest absolute Gasteiger partial charge is 0.304 e. The molecule has 1 saturated carbocycles. The number of aliphatic carboxylic acids is 1. The van der Waals surface area contributed by atoms with Crippen molar-refractivity contribution in [2.45, 2.75) is 91.0 Å². The van der Waals surface area contributed by atoms with Gasteiger partial charge in [0.1, 0.15) is 0 Å². The van der Waals surface area contributed by atoms with Gasteiger partial charge in [-0.05, 0) is 36.5 Å². The number of carbonyl (C=O) groups is 1. The van der Waals surface area contributed by atoms with E-state index in [1.165, 1.54) is 32.1 Å². The third-order valence-corrected chi connectivity index (χ3v) is 6.63. The first-order valence-electron chi connectivity index (χ1n) is 11.0. The van der Waals surface area contributed by atoms with E-state index in [1.807, 2.05) is 0 Å². The minimum absolute atomic E-state index is 0.0290. The van der Waals surface area contributed by atoms with Crippen molar-refractivity contribution in [1.29, 1.82) is 0 Å². The summed E-state index contributed by atoms with van der Waals surface area (Å²) in [4.78, 5) is 15.9. The van der Waals surface area contributed by atoms with Crippen LogP contribution in [0.1, 0.15) is 96.2 Å². The quantitative estimate of drug-likeness (QED) is 0.489. The fraction of sp³-hybridized carbons (Fsp3) is 0.864. The van der Waals surface area contributed by atoms with E-state index >= 15 is 0 Å². The van der Waals surface area contributed by atoms with Gasteiger partial charge in [-0.15, -0.1) is 0 Å². The lowest BCUT2D eigenvalue weighted by molar-refractivity contribution is -0.137. The molecule has 7 heteroatoms. The van der Waals surface area contributed by atoms with Crippen LogP contribution in [0.5, 0.6) is 0 Å². The maximum Gasteiger partial charge on any atom is 0.304 e. The van der Waals surface area contributed by atoms with Crippen LogP contribution in [-0.4, -0.2) is 41.5 Å². The van der Waals surface area contributed by atoms with E-state index in [2.05, 4.69) is 36.2 Å². The van der Waals surface area contributed by atoms with Gasteiger partial charge in [-0.1, -0.05) is 51.6 Å². The summed E-state index contributed by atoms with van der Waals surface area (Å²) in [5.74, 6) is -0.0427. The zero-order chi connectivity index (χ0) is 21.3. The van der Waals surface area contributed by atoms with Crippen LogP contribution < -0.4 is 5.32 Å². The summed E-state index contributed by atoms with van der Waals surface area (Å²) in [5.41, 5.74) is 0.617. The highest BCUT2D eigenvalue weighted by molar-refractivity contribution is 5.67. The van der Waals surface area contributed by atoms with E-state index in [1.54, 1.807) is 7.11 Å². The maximum absolute atomic E-state index is 11.4. The van der Waals surface area contributed by atoms with E-state index < -0.39 is 5.97 Å². The molecule has 7 nitrogen and oxygen atoms in total. The Labute approximate surface area is 175 Å². The molecule has 1 aliphatic carbocycles. The summed E-state index contributed by atoms with van der Waals surface area (Å²) in [5, 5.41) is 16.6. The lowest BCUT2D eigenvalue weighted by atomic mass is 9.57.